The highest BCUT2D eigenvalue weighted by molar-refractivity contribution is 5.95. The summed E-state index contributed by atoms with van der Waals surface area (Å²) in [6.07, 6.45) is 0. The number of carbonyl (C=O) groups is 1. The van der Waals surface area contributed by atoms with Crippen LogP contribution in [0.3, 0.4) is 0 Å². The number of ether oxygens (including phenoxy) is 1. The van der Waals surface area contributed by atoms with Crippen molar-refractivity contribution >= 4 is 5.91 Å². The second-order valence-corrected chi connectivity index (χ2v) is 3.43. The number of hydrogen-bond acceptors (Lipinski definition) is 3. The van der Waals surface area contributed by atoms with E-state index < -0.39 is 5.91 Å². The zero-order chi connectivity index (χ0) is 12.3. The largest absolute Gasteiger partial charge is 0.504 e. The minimum Gasteiger partial charge on any atom is -0.504 e. The number of hydrogen-bond donors (Lipinski definition) is 2. The normalized spacial score (nSPS) is 9.88. The zero-order valence-electron chi connectivity index (χ0n) is 8.96. The lowest BCUT2D eigenvalue weighted by Crippen LogP contribution is -2.11. The molecule has 2 aromatic rings. The van der Waals surface area contributed by atoms with Crippen LogP contribution in [0.2, 0.25) is 0 Å². The Hall–Kier alpha value is -2.49. The molecule has 4 heteroatoms. The van der Waals surface area contributed by atoms with Crippen molar-refractivity contribution in [1.29, 1.82) is 0 Å². The predicted molar refractivity (Wildman–Crippen MR) is 63.1 cm³/mol. The topological polar surface area (TPSA) is 72.6 Å². The molecule has 0 fully saturated rings. The fraction of sp³-hybridized carbons (Fsp3) is 0. The summed E-state index contributed by atoms with van der Waals surface area (Å²) in [4.78, 5) is 11.2. The first kappa shape index (κ1) is 11.0. The fourth-order valence-electron chi connectivity index (χ4n) is 1.42. The Balaban J connectivity index is 2.37. The van der Waals surface area contributed by atoms with Crippen molar-refractivity contribution in [3.05, 3.63) is 54.1 Å². The number of benzene rings is 2. The van der Waals surface area contributed by atoms with E-state index in [-0.39, 0.29) is 17.1 Å². The molecule has 0 unspecified atom stereocenters. The van der Waals surface area contributed by atoms with E-state index in [0.717, 1.165) is 0 Å². The summed E-state index contributed by atoms with van der Waals surface area (Å²) in [5.74, 6) is 0.0329. The summed E-state index contributed by atoms with van der Waals surface area (Å²) >= 11 is 0. The Labute approximate surface area is 98.3 Å². The lowest BCUT2D eigenvalue weighted by molar-refractivity contribution is 0.0998. The standard InChI is InChI=1S/C13H11NO3/c14-13(16)9-5-1-3-7-11(9)17-12-8-4-2-6-10(12)15/h1-8,15H,(H2,14,16). The molecule has 17 heavy (non-hydrogen) atoms. The van der Waals surface area contributed by atoms with Crippen molar-refractivity contribution in [2.24, 2.45) is 5.73 Å². The number of rotatable bonds is 3. The summed E-state index contributed by atoms with van der Waals surface area (Å²) in [5, 5.41) is 9.56. The summed E-state index contributed by atoms with van der Waals surface area (Å²) in [6, 6.07) is 13.1. The smallest absolute Gasteiger partial charge is 0.252 e. The summed E-state index contributed by atoms with van der Waals surface area (Å²) in [5.41, 5.74) is 5.50. The van der Waals surface area contributed by atoms with Gasteiger partial charge >= 0.3 is 0 Å². The van der Waals surface area contributed by atoms with Crippen molar-refractivity contribution in [3.63, 3.8) is 0 Å². The highest BCUT2D eigenvalue weighted by Crippen LogP contribution is 2.31. The highest BCUT2D eigenvalue weighted by Gasteiger charge is 2.10. The third kappa shape index (κ3) is 2.36. The molecule has 1 amide bonds. The third-order valence-corrected chi connectivity index (χ3v) is 2.24. The van der Waals surface area contributed by atoms with E-state index in [1.54, 1.807) is 42.5 Å². The molecule has 0 aliphatic heterocycles. The van der Waals surface area contributed by atoms with Crippen LogP contribution in [-0.2, 0) is 0 Å². The number of nitrogens with two attached hydrogens (primary N) is 1. The highest BCUT2D eigenvalue weighted by atomic mass is 16.5. The number of para-hydroxylation sites is 3. The van der Waals surface area contributed by atoms with Gasteiger partial charge in [-0.1, -0.05) is 24.3 Å². The molecule has 0 atom stereocenters. The third-order valence-electron chi connectivity index (χ3n) is 2.24. The molecule has 2 rings (SSSR count). The minimum absolute atomic E-state index is 0.00627. The lowest BCUT2D eigenvalue weighted by atomic mass is 10.2. The molecule has 0 spiro atoms. The Bertz CT molecular complexity index is 552. The van der Waals surface area contributed by atoms with Crippen LogP contribution in [0.25, 0.3) is 0 Å². The quantitative estimate of drug-likeness (QED) is 0.848. The number of aromatic hydroxyl groups is 1. The average Bonchev–Trinajstić information content (AvgIpc) is 2.32. The Morgan fingerprint density at radius 1 is 1.00 bits per heavy atom. The van der Waals surface area contributed by atoms with E-state index >= 15 is 0 Å². The lowest BCUT2D eigenvalue weighted by Gasteiger charge is -2.09. The Kier molecular flexibility index (Phi) is 2.96. The zero-order valence-corrected chi connectivity index (χ0v) is 8.96. The van der Waals surface area contributed by atoms with Crippen LogP contribution in [0.1, 0.15) is 10.4 Å². The van der Waals surface area contributed by atoms with Crippen molar-refractivity contribution in [2.45, 2.75) is 0 Å². The Morgan fingerprint density at radius 2 is 1.59 bits per heavy atom. The van der Waals surface area contributed by atoms with Crippen molar-refractivity contribution in [2.75, 3.05) is 0 Å². The van der Waals surface area contributed by atoms with Gasteiger partial charge in [0.25, 0.3) is 5.91 Å². The van der Waals surface area contributed by atoms with Gasteiger partial charge in [-0.2, -0.15) is 0 Å². The minimum atomic E-state index is -0.573. The van der Waals surface area contributed by atoms with Gasteiger partial charge < -0.3 is 15.6 Å². The molecule has 0 heterocycles. The first-order valence-corrected chi connectivity index (χ1v) is 5.03. The van der Waals surface area contributed by atoms with Crippen LogP contribution in [0.5, 0.6) is 17.2 Å². The van der Waals surface area contributed by atoms with E-state index in [0.29, 0.717) is 5.75 Å². The summed E-state index contributed by atoms with van der Waals surface area (Å²) < 4.78 is 5.45. The second kappa shape index (κ2) is 4.57. The number of phenols is 1. The van der Waals surface area contributed by atoms with Gasteiger partial charge in [0.05, 0.1) is 5.56 Å². The van der Waals surface area contributed by atoms with Crippen molar-refractivity contribution in [3.8, 4) is 17.2 Å². The van der Waals surface area contributed by atoms with Crippen LogP contribution in [-0.4, -0.2) is 11.0 Å². The second-order valence-electron chi connectivity index (χ2n) is 3.43. The molecule has 0 radical (unpaired) electrons. The molecule has 0 saturated heterocycles. The van der Waals surface area contributed by atoms with E-state index in [4.69, 9.17) is 10.5 Å². The van der Waals surface area contributed by atoms with Crippen LogP contribution < -0.4 is 10.5 Å². The molecule has 0 bridgehead atoms. The molecular weight excluding hydrogens is 218 g/mol. The van der Waals surface area contributed by atoms with Gasteiger partial charge in [-0.25, -0.2) is 0 Å². The molecule has 4 nitrogen and oxygen atoms in total. The van der Waals surface area contributed by atoms with Crippen molar-refractivity contribution in [1.82, 2.24) is 0 Å². The number of amides is 1. The maximum atomic E-state index is 11.2. The SMILES string of the molecule is NC(=O)c1ccccc1Oc1ccccc1O. The fourth-order valence-corrected chi connectivity index (χ4v) is 1.42. The van der Waals surface area contributed by atoms with Gasteiger partial charge in [-0.05, 0) is 24.3 Å². The average molecular weight is 229 g/mol. The molecular formula is C13H11NO3. The molecule has 0 aromatic heterocycles. The predicted octanol–water partition coefficient (Wildman–Crippen LogP) is 2.28. The van der Waals surface area contributed by atoms with E-state index in [1.807, 2.05) is 0 Å². The first-order chi connectivity index (χ1) is 8.18. The molecule has 0 aliphatic carbocycles. The molecule has 3 N–H and O–H groups in total. The first-order valence-electron chi connectivity index (χ1n) is 5.03. The van der Waals surface area contributed by atoms with E-state index in [2.05, 4.69) is 0 Å². The monoisotopic (exact) mass is 229 g/mol. The van der Waals surface area contributed by atoms with E-state index in [9.17, 15) is 9.90 Å². The summed E-state index contributed by atoms with van der Waals surface area (Å²) in [7, 11) is 0. The van der Waals surface area contributed by atoms with Crippen molar-refractivity contribution < 1.29 is 14.6 Å². The Morgan fingerprint density at radius 3 is 2.24 bits per heavy atom. The molecule has 0 aliphatic rings. The summed E-state index contributed by atoms with van der Waals surface area (Å²) in [6.45, 7) is 0. The van der Waals surface area contributed by atoms with Gasteiger partial charge in [0.1, 0.15) is 5.75 Å². The number of phenolic OH excluding ortho intramolecular Hbond substituents is 1. The van der Waals surface area contributed by atoms with Crippen LogP contribution in [0, 0.1) is 0 Å². The molecule has 86 valence electrons. The van der Waals surface area contributed by atoms with Gasteiger partial charge in [0.15, 0.2) is 11.5 Å². The maximum absolute atomic E-state index is 11.2. The van der Waals surface area contributed by atoms with Crippen LogP contribution in [0.15, 0.2) is 48.5 Å². The number of carbonyl (C=O) groups excluding carboxylic acids is 1. The van der Waals surface area contributed by atoms with Gasteiger partial charge in [0, 0.05) is 0 Å². The molecule has 0 saturated carbocycles. The van der Waals surface area contributed by atoms with Crippen LogP contribution >= 0.6 is 0 Å². The van der Waals surface area contributed by atoms with Gasteiger partial charge in [-0.15, -0.1) is 0 Å². The van der Waals surface area contributed by atoms with Gasteiger partial charge in [0.2, 0.25) is 0 Å². The van der Waals surface area contributed by atoms with Gasteiger partial charge in [-0.3, -0.25) is 4.79 Å². The van der Waals surface area contributed by atoms with Crippen LogP contribution in [0.4, 0.5) is 0 Å². The molecule has 2 aromatic carbocycles. The maximum Gasteiger partial charge on any atom is 0.252 e. The number of primary amides is 1. The van der Waals surface area contributed by atoms with E-state index in [1.165, 1.54) is 6.07 Å².